The lowest BCUT2D eigenvalue weighted by molar-refractivity contribution is 0.0206. The van der Waals surface area contributed by atoms with E-state index in [1.807, 2.05) is 6.92 Å². The Morgan fingerprint density at radius 1 is 1.37 bits per heavy atom. The predicted molar refractivity (Wildman–Crippen MR) is 72.8 cm³/mol. The predicted octanol–water partition coefficient (Wildman–Crippen LogP) is 0.418. The molecule has 4 atom stereocenters. The van der Waals surface area contributed by atoms with Gasteiger partial charge in [0.15, 0.2) is 11.5 Å². The number of nitrogen functional groups attached to an aromatic ring is 1. The number of aliphatic hydroxyl groups excluding tert-OH is 2. The number of imidazole rings is 1. The van der Waals surface area contributed by atoms with Gasteiger partial charge in [-0.2, -0.15) is 9.97 Å². The Hall–Kier alpha value is -1.09. The highest BCUT2D eigenvalue weighted by Gasteiger charge is 2.41. The van der Waals surface area contributed by atoms with Gasteiger partial charge in [-0.1, -0.05) is 6.92 Å². The monoisotopic (exact) mass is 301 g/mol. The molecular formula is C10H12ClN5O2S. The number of anilines is 1. The van der Waals surface area contributed by atoms with E-state index in [4.69, 9.17) is 17.3 Å². The number of aromatic nitrogens is 4. The minimum atomic E-state index is -0.896. The molecule has 1 aliphatic rings. The molecule has 0 aliphatic carbocycles. The van der Waals surface area contributed by atoms with Crippen LogP contribution in [0.5, 0.6) is 0 Å². The fourth-order valence-electron chi connectivity index (χ4n) is 2.15. The molecule has 1 fully saturated rings. The Morgan fingerprint density at radius 3 is 2.74 bits per heavy atom. The minimum Gasteiger partial charge on any atom is -0.389 e. The number of nitrogens with two attached hydrogens (primary N) is 1. The number of thioether (sulfide) groups is 1. The van der Waals surface area contributed by atoms with Crippen LogP contribution in [0.1, 0.15) is 12.3 Å². The number of hydrogen-bond acceptors (Lipinski definition) is 7. The van der Waals surface area contributed by atoms with Crippen LogP contribution < -0.4 is 5.73 Å². The van der Waals surface area contributed by atoms with E-state index in [0.717, 1.165) is 0 Å². The van der Waals surface area contributed by atoms with Crippen LogP contribution in [0.3, 0.4) is 0 Å². The van der Waals surface area contributed by atoms with Gasteiger partial charge in [0.1, 0.15) is 17.0 Å². The molecule has 0 unspecified atom stereocenters. The summed E-state index contributed by atoms with van der Waals surface area (Å²) < 4.78 is 1.67. The smallest absolute Gasteiger partial charge is 0.226 e. The summed E-state index contributed by atoms with van der Waals surface area (Å²) in [6.45, 7) is 1.86. The largest absolute Gasteiger partial charge is 0.389 e. The van der Waals surface area contributed by atoms with Gasteiger partial charge in [-0.15, -0.1) is 11.8 Å². The topological polar surface area (TPSA) is 110 Å². The van der Waals surface area contributed by atoms with Gasteiger partial charge in [0.25, 0.3) is 0 Å². The molecule has 1 saturated heterocycles. The molecule has 2 aromatic heterocycles. The highest BCUT2D eigenvalue weighted by Crippen LogP contribution is 2.42. The van der Waals surface area contributed by atoms with E-state index in [0.29, 0.717) is 11.2 Å². The average molecular weight is 302 g/mol. The first-order valence-corrected chi connectivity index (χ1v) is 6.98. The lowest BCUT2D eigenvalue weighted by atomic mass is 10.1. The standard InChI is InChI=1S/C10H12ClN5O2S/c1-3-5(17)6(18)9(19-3)16-2-13-4-7(12)14-10(11)15-8(4)16/h2-3,5-6,9,17-18H,1H3,(H2,12,14,15)/t3-,5+,6+,9+/m0/s1. The Kier molecular flexibility index (Phi) is 3.05. The normalized spacial score (nSPS) is 31.2. The van der Waals surface area contributed by atoms with E-state index >= 15 is 0 Å². The second-order valence-corrected chi connectivity index (χ2v) is 6.25. The van der Waals surface area contributed by atoms with Crippen molar-refractivity contribution in [2.24, 2.45) is 0 Å². The Labute approximate surface area is 117 Å². The fourth-order valence-corrected chi connectivity index (χ4v) is 3.69. The van der Waals surface area contributed by atoms with Gasteiger partial charge in [0, 0.05) is 5.25 Å². The van der Waals surface area contributed by atoms with E-state index in [9.17, 15) is 10.2 Å². The third-order valence-corrected chi connectivity index (χ3v) is 4.83. The van der Waals surface area contributed by atoms with E-state index < -0.39 is 12.2 Å². The third kappa shape index (κ3) is 1.95. The van der Waals surface area contributed by atoms with Crippen LogP contribution in [0, 0.1) is 0 Å². The van der Waals surface area contributed by atoms with Crippen molar-refractivity contribution in [2.75, 3.05) is 5.73 Å². The van der Waals surface area contributed by atoms with Gasteiger partial charge < -0.3 is 15.9 Å². The molecule has 0 amide bonds. The first-order valence-electron chi connectivity index (χ1n) is 5.66. The Bertz CT molecular complexity index is 636. The number of nitrogens with zero attached hydrogens (tertiary/aromatic N) is 4. The fraction of sp³-hybridized carbons (Fsp3) is 0.500. The highest BCUT2D eigenvalue weighted by atomic mass is 35.5. The number of fused-ring (bicyclic) bond motifs is 1. The third-order valence-electron chi connectivity index (χ3n) is 3.17. The molecule has 0 bridgehead atoms. The molecule has 0 spiro atoms. The summed E-state index contributed by atoms with van der Waals surface area (Å²) in [6.07, 6.45) is -0.160. The number of hydrogen-bond donors (Lipinski definition) is 3. The van der Waals surface area contributed by atoms with Crippen LogP contribution in [-0.4, -0.2) is 47.2 Å². The van der Waals surface area contributed by atoms with Gasteiger partial charge >= 0.3 is 0 Å². The van der Waals surface area contributed by atoms with Crippen molar-refractivity contribution < 1.29 is 10.2 Å². The molecule has 4 N–H and O–H groups in total. The molecule has 19 heavy (non-hydrogen) atoms. The minimum absolute atomic E-state index is 0.0258. The molecule has 3 rings (SSSR count). The van der Waals surface area contributed by atoms with Gasteiger partial charge in [0.2, 0.25) is 5.28 Å². The first kappa shape index (κ1) is 12.9. The van der Waals surface area contributed by atoms with Crippen molar-refractivity contribution >= 4 is 40.3 Å². The van der Waals surface area contributed by atoms with Crippen molar-refractivity contribution in [2.45, 2.75) is 29.8 Å². The molecule has 102 valence electrons. The summed E-state index contributed by atoms with van der Waals surface area (Å²) >= 11 is 7.24. The zero-order valence-corrected chi connectivity index (χ0v) is 11.5. The molecule has 0 aromatic carbocycles. The molecule has 7 nitrogen and oxygen atoms in total. The number of rotatable bonds is 1. The SMILES string of the molecule is C[C@@H]1S[C@@H](n2cnc3c(N)nc(Cl)nc32)[C@H](O)[C@@H]1O. The summed E-state index contributed by atoms with van der Waals surface area (Å²) in [5.74, 6) is 0.194. The quantitative estimate of drug-likeness (QED) is 0.655. The highest BCUT2D eigenvalue weighted by molar-refractivity contribution is 8.00. The molecule has 0 radical (unpaired) electrons. The maximum absolute atomic E-state index is 10.1. The zero-order chi connectivity index (χ0) is 13.7. The maximum atomic E-state index is 10.1. The van der Waals surface area contributed by atoms with Crippen molar-refractivity contribution in [3.63, 3.8) is 0 Å². The van der Waals surface area contributed by atoms with Crippen LogP contribution >= 0.6 is 23.4 Å². The van der Waals surface area contributed by atoms with Gasteiger partial charge in [0.05, 0.1) is 12.4 Å². The number of aliphatic hydroxyl groups is 2. The molecule has 0 saturated carbocycles. The Balaban J connectivity index is 2.11. The van der Waals surface area contributed by atoms with Crippen LogP contribution in [-0.2, 0) is 0 Å². The van der Waals surface area contributed by atoms with E-state index in [-0.39, 0.29) is 21.7 Å². The zero-order valence-electron chi connectivity index (χ0n) is 9.93. The summed E-state index contributed by atoms with van der Waals surface area (Å²) in [7, 11) is 0. The summed E-state index contributed by atoms with van der Waals surface area (Å²) in [4.78, 5) is 12.1. The molecule has 3 heterocycles. The van der Waals surface area contributed by atoms with Crippen LogP contribution in [0.4, 0.5) is 5.82 Å². The Morgan fingerprint density at radius 2 is 2.11 bits per heavy atom. The molecular weight excluding hydrogens is 290 g/mol. The molecule has 2 aromatic rings. The summed E-state index contributed by atoms with van der Waals surface area (Å²) in [6, 6.07) is 0. The van der Waals surface area contributed by atoms with Crippen LogP contribution in [0.25, 0.3) is 11.2 Å². The average Bonchev–Trinajstić information content (AvgIpc) is 2.86. The van der Waals surface area contributed by atoms with E-state index in [1.165, 1.54) is 18.1 Å². The second kappa shape index (κ2) is 4.48. The van der Waals surface area contributed by atoms with Crippen LogP contribution in [0.15, 0.2) is 6.33 Å². The van der Waals surface area contributed by atoms with E-state index in [1.54, 1.807) is 4.57 Å². The maximum Gasteiger partial charge on any atom is 0.226 e. The summed E-state index contributed by atoms with van der Waals surface area (Å²) in [5.41, 5.74) is 6.62. The molecule has 9 heteroatoms. The molecule has 1 aliphatic heterocycles. The van der Waals surface area contributed by atoms with E-state index in [2.05, 4.69) is 15.0 Å². The van der Waals surface area contributed by atoms with Gasteiger partial charge in [-0.05, 0) is 11.6 Å². The van der Waals surface area contributed by atoms with Gasteiger partial charge in [-0.25, -0.2) is 4.98 Å². The lowest BCUT2D eigenvalue weighted by Crippen LogP contribution is -2.30. The van der Waals surface area contributed by atoms with Gasteiger partial charge in [-0.3, -0.25) is 4.57 Å². The second-order valence-electron chi connectivity index (χ2n) is 4.41. The van der Waals surface area contributed by atoms with Crippen molar-refractivity contribution in [1.29, 1.82) is 0 Å². The van der Waals surface area contributed by atoms with Crippen molar-refractivity contribution in [3.8, 4) is 0 Å². The summed E-state index contributed by atoms with van der Waals surface area (Å²) in [5, 5.41) is 19.5. The van der Waals surface area contributed by atoms with Crippen LogP contribution in [0.2, 0.25) is 5.28 Å². The van der Waals surface area contributed by atoms with Crippen molar-refractivity contribution in [1.82, 2.24) is 19.5 Å². The number of halogens is 1. The first-order chi connectivity index (χ1) is 8.99. The van der Waals surface area contributed by atoms with Crippen molar-refractivity contribution in [3.05, 3.63) is 11.6 Å². The lowest BCUT2D eigenvalue weighted by Gasteiger charge is -2.17.